The average molecular weight is 239 g/mol. The summed E-state index contributed by atoms with van der Waals surface area (Å²) < 4.78 is 5.08. The molecule has 0 aromatic carbocycles. The van der Waals surface area contributed by atoms with Gasteiger partial charge < -0.3 is 15.2 Å². The molecule has 0 unspecified atom stereocenters. The van der Waals surface area contributed by atoms with E-state index in [1.807, 2.05) is 13.0 Å². The molecule has 0 aliphatic heterocycles. The average Bonchev–Trinajstić information content (AvgIpc) is 2.87. The molecule has 2 N–H and O–H groups in total. The van der Waals surface area contributed by atoms with Crippen LogP contribution in [-0.2, 0) is 6.54 Å². The van der Waals surface area contributed by atoms with Crippen molar-refractivity contribution >= 4 is 17.3 Å². The first-order valence-electron chi connectivity index (χ1n) is 5.70. The van der Waals surface area contributed by atoms with E-state index in [0.717, 1.165) is 11.5 Å². The number of nitrogens with one attached hydrogen (secondary N) is 2. The quantitative estimate of drug-likeness (QED) is 0.789. The first-order chi connectivity index (χ1) is 7.74. The molecular formula is C11H17N3OS. The molecule has 1 aromatic rings. The molecule has 1 aliphatic rings. The van der Waals surface area contributed by atoms with Crippen LogP contribution in [0.1, 0.15) is 37.1 Å². The summed E-state index contributed by atoms with van der Waals surface area (Å²) in [5.74, 6) is 0.813. The van der Waals surface area contributed by atoms with Crippen LogP contribution in [0.2, 0.25) is 0 Å². The van der Waals surface area contributed by atoms with Crippen LogP contribution in [0.5, 0.6) is 0 Å². The Morgan fingerprint density at radius 2 is 2.31 bits per heavy atom. The Morgan fingerprint density at radius 3 is 2.94 bits per heavy atom. The van der Waals surface area contributed by atoms with Gasteiger partial charge in [0.25, 0.3) is 0 Å². The second-order valence-electron chi connectivity index (χ2n) is 4.24. The zero-order valence-corrected chi connectivity index (χ0v) is 10.3. The fourth-order valence-corrected chi connectivity index (χ4v) is 2.21. The van der Waals surface area contributed by atoms with Gasteiger partial charge in [0.2, 0.25) is 0 Å². The van der Waals surface area contributed by atoms with Crippen molar-refractivity contribution in [3.63, 3.8) is 0 Å². The number of hydrogen-bond acceptors (Lipinski definition) is 3. The lowest BCUT2D eigenvalue weighted by atomic mass is 10.3. The van der Waals surface area contributed by atoms with Crippen molar-refractivity contribution in [2.24, 2.45) is 0 Å². The molecule has 16 heavy (non-hydrogen) atoms. The molecule has 1 aromatic heterocycles. The molecule has 5 heteroatoms. The van der Waals surface area contributed by atoms with Crippen molar-refractivity contribution in [1.29, 1.82) is 0 Å². The van der Waals surface area contributed by atoms with Crippen molar-refractivity contribution in [2.45, 2.75) is 45.2 Å². The molecule has 0 atom stereocenters. The van der Waals surface area contributed by atoms with Crippen LogP contribution in [-0.4, -0.2) is 16.3 Å². The zero-order valence-electron chi connectivity index (χ0n) is 9.45. The molecule has 1 aliphatic carbocycles. The van der Waals surface area contributed by atoms with E-state index in [0.29, 0.717) is 17.7 Å². The van der Waals surface area contributed by atoms with Gasteiger partial charge >= 0.3 is 0 Å². The van der Waals surface area contributed by atoms with Gasteiger partial charge in [0.05, 0.1) is 12.2 Å². The molecule has 0 amide bonds. The van der Waals surface area contributed by atoms with Crippen LogP contribution < -0.4 is 10.6 Å². The van der Waals surface area contributed by atoms with E-state index in [1.165, 1.54) is 25.7 Å². The number of aromatic nitrogens is 1. The summed E-state index contributed by atoms with van der Waals surface area (Å²) in [5.41, 5.74) is 0.895. The lowest BCUT2D eigenvalue weighted by molar-refractivity contribution is 0.376. The molecule has 0 bridgehead atoms. The van der Waals surface area contributed by atoms with Gasteiger partial charge in [-0.1, -0.05) is 18.0 Å². The van der Waals surface area contributed by atoms with E-state index in [9.17, 15) is 0 Å². The maximum Gasteiger partial charge on any atom is 0.166 e. The standard InChI is InChI=1S/C11H17N3OS/c1-8-6-10(15-14-8)7-12-11(16)13-9-4-2-3-5-9/h6,9H,2-5,7H2,1H3,(H2,12,13,16). The van der Waals surface area contributed by atoms with Crippen molar-refractivity contribution in [3.05, 3.63) is 17.5 Å². The second kappa shape index (κ2) is 5.30. The third-order valence-electron chi connectivity index (χ3n) is 2.79. The SMILES string of the molecule is Cc1cc(CNC(=S)NC2CCCC2)on1. The topological polar surface area (TPSA) is 50.1 Å². The highest BCUT2D eigenvalue weighted by Crippen LogP contribution is 2.17. The number of aryl methyl sites for hydroxylation is 1. The van der Waals surface area contributed by atoms with Gasteiger partial charge in [0.1, 0.15) is 0 Å². The first-order valence-corrected chi connectivity index (χ1v) is 6.11. The Balaban J connectivity index is 1.71. The third-order valence-corrected chi connectivity index (χ3v) is 3.05. The second-order valence-corrected chi connectivity index (χ2v) is 4.65. The van der Waals surface area contributed by atoms with Gasteiger partial charge in [0, 0.05) is 12.1 Å². The monoisotopic (exact) mass is 239 g/mol. The molecule has 0 radical (unpaired) electrons. The molecule has 1 fully saturated rings. The summed E-state index contributed by atoms with van der Waals surface area (Å²) in [6.45, 7) is 2.50. The minimum Gasteiger partial charge on any atom is -0.360 e. The summed E-state index contributed by atoms with van der Waals surface area (Å²) in [6, 6.07) is 2.46. The Hall–Kier alpha value is -1.10. The fourth-order valence-electron chi connectivity index (χ4n) is 1.97. The van der Waals surface area contributed by atoms with E-state index < -0.39 is 0 Å². The molecule has 4 nitrogen and oxygen atoms in total. The van der Waals surface area contributed by atoms with E-state index in [-0.39, 0.29) is 0 Å². The summed E-state index contributed by atoms with van der Waals surface area (Å²) in [4.78, 5) is 0. The fraction of sp³-hybridized carbons (Fsp3) is 0.636. The van der Waals surface area contributed by atoms with Gasteiger partial charge in [-0.3, -0.25) is 0 Å². The lowest BCUT2D eigenvalue weighted by Crippen LogP contribution is -2.40. The van der Waals surface area contributed by atoms with Crippen LogP contribution in [0.15, 0.2) is 10.6 Å². The van der Waals surface area contributed by atoms with E-state index in [4.69, 9.17) is 16.7 Å². The smallest absolute Gasteiger partial charge is 0.166 e. The minimum atomic E-state index is 0.552. The predicted octanol–water partition coefficient (Wildman–Crippen LogP) is 1.89. The van der Waals surface area contributed by atoms with E-state index >= 15 is 0 Å². The van der Waals surface area contributed by atoms with Gasteiger partial charge in [-0.2, -0.15) is 0 Å². The minimum absolute atomic E-state index is 0.552. The summed E-state index contributed by atoms with van der Waals surface area (Å²) in [5, 5.41) is 11.0. The Morgan fingerprint density at radius 1 is 1.56 bits per heavy atom. The molecule has 0 spiro atoms. The molecular weight excluding hydrogens is 222 g/mol. The highest BCUT2D eigenvalue weighted by atomic mass is 32.1. The van der Waals surface area contributed by atoms with Crippen LogP contribution in [0.25, 0.3) is 0 Å². The summed E-state index contributed by atoms with van der Waals surface area (Å²) in [6.07, 6.45) is 5.07. The number of thiocarbonyl (C=S) groups is 1. The van der Waals surface area contributed by atoms with Crippen LogP contribution in [0.3, 0.4) is 0 Å². The molecule has 0 saturated heterocycles. The zero-order chi connectivity index (χ0) is 11.4. The lowest BCUT2D eigenvalue weighted by Gasteiger charge is -2.14. The molecule has 1 saturated carbocycles. The number of rotatable bonds is 3. The van der Waals surface area contributed by atoms with Crippen molar-refractivity contribution < 1.29 is 4.52 Å². The van der Waals surface area contributed by atoms with E-state index in [2.05, 4.69) is 15.8 Å². The normalized spacial score (nSPS) is 16.3. The highest BCUT2D eigenvalue weighted by Gasteiger charge is 2.15. The Kier molecular flexibility index (Phi) is 3.77. The third kappa shape index (κ3) is 3.20. The largest absolute Gasteiger partial charge is 0.360 e. The number of hydrogen-bond donors (Lipinski definition) is 2. The van der Waals surface area contributed by atoms with Gasteiger partial charge in [0.15, 0.2) is 10.9 Å². The van der Waals surface area contributed by atoms with Crippen molar-refractivity contribution in [3.8, 4) is 0 Å². The first kappa shape index (κ1) is 11.4. The summed E-state index contributed by atoms with van der Waals surface area (Å²) in [7, 11) is 0. The molecule has 88 valence electrons. The van der Waals surface area contributed by atoms with Crippen molar-refractivity contribution in [1.82, 2.24) is 15.8 Å². The Bertz CT molecular complexity index is 358. The molecule has 1 heterocycles. The van der Waals surface area contributed by atoms with Gasteiger partial charge in [-0.05, 0) is 32.0 Å². The van der Waals surface area contributed by atoms with Gasteiger partial charge in [-0.25, -0.2) is 0 Å². The number of nitrogens with zero attached hydrogens (tertiary/aromatic N) is 1. The predicted molar refractivity (Wildman–Crippen MR) is 66.1 cm³/mol. The maximum atomic E-state index is 5.21. The van der Waals surface area contributed by atoms with Gasteiger partial charge in [-0.15, -0.1) is 0 Å². The van der Waals surface area contributed by atoms with E-state index in [1.54, 1.807) is 0 Å². The van der Waals surface area contributed by atoms with Crippen LogP contribution >= 0.6 is 12.2 Å². The Labute approximate surface area is 101 Å². The highest BCUT2D eigenvalue weighted by molar-refractivity contribution is 7.80. The van der Waals surface area contributed by atoms with Crippen LogP contribution in [0.4, 0.5) is 0 Å². The maximum absolute atomic E-state index is 5.21. The van der Waals surface area contributed by atoms with Crippen molar-refractivity contribution in [2.75, 3.05) is 0 Å². The van der Waals surface area contributed by atoms with Crippen LogP contribution in [0, 0.1) is 6.92 Å². The summed E-state index contributed by atoms with van der Waals surface area (Å²) >= 11 is 5.21. The molecule has 2 rings (SSSR count).